The van der Waals surface area contributed by atoms with E-state index in [1.165, 1.54) is 15.6 Å². The summed E-state index contributed by atoms with van der Waals surface area (Å²) >= 11 is 7.38. The number of sulfonamides is 1. The average Bonchev–Trinajstić information content (AvgIpc) is 3.18. The molecule has 26 heavy (non-hydrogen) atoms. The van der Waals surface area contributed by atoms with Crippen molar-refractivity contribution in [3.8, 4) is 0 Å². The van der Waals surface area contributed by atoms with Gasteiger partial charge in [-0.05, 0) is 35.9 Å². The number of piperidine rings is 1. The lowest BCUT2D eigenvalue weighted by Gasteiger charge is -2.33. The molecule has 1 amide bonds. The van der Waals surface area contributed by atoms with Crippen LogP contribution in [0.5, 0.6) is 0 Å². The lowest BCUT2D eigenvalue weighted by Crippen LogP contribution is -2.45. The van der Waals surface area contributed by atoms with Gasteiger partial charge in [-0.15, -0.1) is 11.3 Å². The molecule has 0 radical (unpaired) electrons. The Bertz CT molecular complexity index is 868. The van der Waals surface area contributed by atoms with Crippen molar-refractivity contribution in [2.75, 3.05) is 20.1 Å². The van der Waals surface area contributed by atoms with Crippen molar-refractivity contribution >= 4 is 38.9 Å². The number of benzene rings is 1. The first-order chi connectivity index (χ1) is 12.4. The zero-order chi connectivity index (χ0) is 18.7. The molecule has 2 aromatic rings. The van der Waals surface area contributed by atoms with E-state index in [0.717, 1.165) is 5.56 Å². The number of thiophene rings is 1. The Kier molecular flexibility index (Phi) is 6.02. The molecule has 0 N–H and O–H groups in total. The van der Waals surface area contributed by atoms with E-state index >= 15 is 0 Å². The third-order valence-electron chi connectivity index (χ3n) is 4.56. The van der Waals surface area contributed by atoms with Crippen molar-refractivity contribution in [2.24, 2.45) is 5.92 Å². The Morgan fingerprint density at radius 2 is 2.08 bits per heavy atom. The fourth-order valence-electron chi connectivity index (χ4n) is 3.17. The number of hydrogen-bond acceptors (Lipinski definition) is 4. The van der Waals surface area contributed by atoms with Crippen molar-refractivity contribution in [3.05, 3.63) is 52.4 Å². The van der Waals surface area contributed by atoms with E-state index in [0.29, 0.717) is 35.2 Å². The van der Waals surface area contributed by atoms with E-state index in [2.05, 4.69) is 0 Å². The number of carbonyl (C=O) groups excluding carboxylic acids is 1. The third kappa shape index (κ3) is 4.11. The van der Waals surface area contributed by atoms with Crippen LogP contribution in [-0.4, -0.2) is 43.7 Å². The van der Waals surface area contributed by atoms with Gasteiger partial charge in [0.2, 0.25) is 5.91 Å². The lowest BCUT2D eigenvalue weighted by atomic mass is 9.98. The van der Waals surface area contributed by atoms with Gasteiger partial charge in [0.15, 0.2) is 0 Å². The maximum Gasteiger partial charge on any atom is 0.252 e. The predicted molar refractivity (Wildman–Crippen MR) is 104 cm³/mol. The summed E-state index contributed by atoms with van der Waals surface area (Å²) in [5, 5.41) is 2.37. The Hall–Kier alpha value is -1.41. The molecule has 1 unspecified atom stereocenters. The number of carbonyl (C=O) groups is 1. The largest absolute Gasteiger partial charge is 0.341 e. The summed E-state index contributed by atoms with van der Waals surface area (Å²) in [5.41, 5.74) is 0.879. The highest BCUT2D eigenvalue weighted by Crippen LogP contribution is 2.27. The molecule has 3 rings (SSSR count). The molecule has 0 saturated carbocycles. The van der Waals surface area contributed by atoms with E-state index < -0.39 is 10.0 Å². The van der Waals surface area contributed by atoms with E-state index in [-0.39, 0.29) is 18.4 Å². The fourth-order valence-corrected chi connectivity index (χ4v) is 6.04. The molecule has 0 bridgehead atoms. The van der Waals surface area contributed by atoms with Gasteiger partial charge in [0.25, 0.3) is 10.0 Å². The Labute approximate surface area is 163 Å². The van der Waals surface area contributed by atoms with Gasteiger partial charge < -0.3 is 4.90 Å². The Balaban J connectivity index is 1.69. The molecule has 2 heterocycles. The van der Waals surface area contributed by atoms with E-state index in [1.54, 1.807) is 35.5 Å². The first kappa shape index (κ1) is 19.4. The van der Waals surface area contributed by atoms with Gasteiger partial charge in [-0.1, -0.05) is 35.9 Å². The van der Waals surface area contributed by atoms with E-state index in [9.17, 15) is 13.2 Å². The van der Waals surface area contributed by atoms with Gasteiger partial charge in [0.1, 0.15) is 4.21 Å². The first-order valence-electron chi connectivity index (χ1n) is 8.41. The normalized spacial score (nSPS) is 18.6. The Morgan fingerprint density at radius 1 is 1.31 bits per heavy atom. The summed E-state index contributed by atoms with van der Waals surface area (Å²) < 4.78 is 27.2. The molecule has 1 saturated heterocycles. The molecule has 1 aromatic carbocycles. The second-order valence-corrected chi connectivity index (χ2v) is 9.94. The third-order valence-corrected chi connectivity index (χ3v) is 8.17. The van der Waals surface area contributed by atoms with Crippen molar-refractivity contribution in [1.82, 2.24) is 9.21 Å². The van der Waals surface area contributed by atoms with Crippen LogP contribution >= 0.6 is 22.9 Å². The molecular weight excluding hydrogens is 392 g/mol. The van der Waals surface area contributed by atoms with Crippen LogP contribution < -0.4 is 0 Å². The maximum atomic E-state index is 12.8. The summed E-state index contributed by atoms with van der Waals surface area (Å²) in [6, 6.07) is 10.7. The second-order valence-electron chi connectivity index (χ2n) is 6.42. The average molecular weight is 413 g/mol. The van der Waals surface area contributed by atoms with E-state index in [1.807, 2.05) is 18.2 Å². The highest BCUT2D eigenvalue weighted by atomic mass is 35.5. The summed E-state index contributed by atoms with van der Waals surface area (Å²) in [6.45, 7) is 1.09. The first-order valence-corrected chi connectivity index (χ1v) is 11.1. The van der Waals surface area contributed by atoms with Crippen LogP contribution in [0.2, 0.25) is 5.02 Å². The monoisotopic (exact) mass is 412 g/mol. The zero-order valence-electron chi connectivity index (χ0n) is 14.5. The number of hydrogen-bond donors (Lipinski definition) is 0. The minimum absolute atomic E-state index is 0.0454. The molecule has 140 valence electrons. The summed E-state index contributed by atoms with van der Waals surface area (Å²) in [4.78, 5) is 14.5. The van der Waals surface area contributed by atoms with Crippen molar-refractivity contribution in [3.63, 3.8) is 0 Å². The minimum atomic E-state index is -3.52. The zero-order valence-corrected chi connectivity index (χ0v) is 16.9. The SMILES string of the molecule is CN(Cc1ccccc1Cl)C(=O)C1CCCN(S(=O)(=O)c2cccs2)C1. The molecule has 0 spiro atoms. The highest BCUT2D eigenvalue weighted by Gasteiger charge is 2.34. The number of rotatable bonds is 5. The van der Waals surface area contributed by atoms with Gasteiger partial charge in [-0.2, -0.15) is 4.31 Å². The molecule has 5 nitrogen and oxygen atoms in total. The molecule has 8 heteroatoms. The van der Waals surface area contributed by atoms with Gasteiger partial charge in [-0.3, -0.25) is 4.79 Å². The summed E-state index contributed by atoms with van der Waals surface area (Å²) in [5.74, 6) is -0.373. The number of amides is 1. The highest BCUT2D eigenvalue weighted by molar-refractivity contribution is 7.91. The van der Waals surface area contributed by atoms with Gasteiger partial charge in [-0.25, -0.2) is 8.42 Å². The van der Waals surface area contributed by atoms with Crippen LogP contribution in [0.3, 0.4) is 0 Å². The standard InChI is InChI=1S/C18H21ClN2O3S2/c1-20(12-14-6-2-3-8-16(14)19)18(22)15-7-4-10-21(13-15)26(23,24)17-9-5-11-25-17/h2-3,5-6,8-9,11,15H,4,7,10,12-13H2,1H3. The summed E-state index contributed by atoms with van der Waals surface area (Å²) in [6.07, 6.45) is 1.38. The van der Waals surface area contributed by atoms with Crippen LogP contribution in [0.4, 0.5) is 0 Å². The Morgan fingerprint density at radius 3 is 2.77 bits per heavy atom. The van der Waals surface area contributed by atoms with Crippen molar-refractivity contribution < 1.29 is 13.2 Å². The quantitative estimate of drug-likeness (QED) is 0.755. The topological polar surface area (TPSA) is 57.7 Å². The van der Waals surface area contributed by atoms with Crippen LogP contribution in [-0.2, 0) is 21.4 Å². The molecular formula is C18H21ClN2O3S2. The van der Waals surface area contributed by atoms with Crippen LogP contribution in [0, 0.1) is 5.92 Å². The van der Waals surface area contributed by atoms with Crippen LogP contribution in [0.25, 0.3) is 0 Å². The van der Waals surface area contributed by atoms with Gasteiger partial charge >= 0.3 is 0 Å². The van der Waals surface area contributed by atoms with Crippen LogP contribution in [0.15, 0.2) is 46.0 Å². The van der Waals surface area contributed by atoms with E-state index in [4.69, 9.17) is 11.6 Å². The minimum Gasteiger partial charge on any atom is -0.341 e. The molecule has 1 atom stereocenters. The van der Waals surface area contributed by atoms with Gasteiger partial charge in [0.05, 0.1) is 5.92 Å². The van der Waals surface area contributed by atoms with Gasteiger partial charge in [0, 0.05) is 31.7 Å². The summed E-state index contributed by atoms with van der Waals surface area (Å²) in [7, 11) is -1.78. The molecule has 0 aliphatic carbocycles. The van der Waals surface area contributed by atoms with Crippen LogP contribution in [0.1, 0.15) is 18.4 Å². The maximum absolute atomic E-state index is 12.8. The predicted octanol–water partition coefficient (Wildman–Crippen LogP) is 3.46. The van der Waals surface area contributed by atoms with Crippen molar-refractivity contribution in [2.45, 2.75) is 23.6 Å². The molecule has 1 aliphatic rings. The lowest BCUT2D eigenvalue weighted by molar-refractivity contribution is -0.135. The molecule has 1 aliphatic heterocycles. The fraction of sp³-hybridized carbons (Fsp3) is 0.389. The smallest absolute Gasteiger partial charge is 0.252 e. The second kappa shape index (κ2) is 8.08. The van der Waals surface area contributed by atoms with Crippen molar-refractivity contribution in [1.29, 1.82) is 0 Å². The molecule has 1 aromatic heterocycles. The number of halogens is 1. The number of nitrogens with zero attached hydrogens (tertiary/aromatic N) is 2. The molecule has 1 fully saturated rings.